The zero-order valence-corrected chi connectivity index (χ0v) is 11.2. The van der Waals surface area contributed by atoms with Gasteiger partial charge in [0, 0.05) is 12.1 Å². The van der Waals surface area contributed by atoms with E-state index in [2.05, 4.69) is 0 Å². The van der Waals surface area contributed by atoms with Gasteiger partial charge in [-0.05, 0) is 43.2 Å². The molecule has 3 heteroatoms. The van der Waals surface area contributed by atoms with E-state index in [1.807, 2.05) is 32.0 Å². The maximum Gasteiger partial charge on any atom is 0.124 e. The van der Waals surface area contributed by atoms with Crippen LogP contribution in [-0.2, 0) is 13.2 Å². The number of rotatable bonds is 4. The van der Waals surface area contributed by atoms with Gasteiger partial charge < -0.3 is 10.5 Å². The normalized spacial score (nSPS) is 10.5. The Morgan fingerprint density at radius 1 is 1.05 bits per heavy atom. The van der Waals surface area contributed by atoms with Crippen LogP contribution < -0.4 is 10.5 Å². The lowest BCUT2D eigenvalue weighted by molar-refractivity contribution is 0.301. The first-order valence-corrected chi connectivity index (χ1v) is 6.27. The van der Waals surface area contributed by atoms with E-state index in [1.165, 1.54) is 12.1 Å². The summed E-state index contributed by atoms with van der Waals surface area (Å²) in [5.74, 6) is 0.518. The number of hydrogen-bond acceptors (Lipinski definition) is 2. The molecule has 2 N–H and O–H groups in total. The predicted molar refractivity (Wildman–Crippen MR) is 74.5 cm³/mol. The van der Waals surface area contributed by atoms with E-state index in [0.717, 1.165) is 28.0 Å². The van der Waals surface area contributed by atoms with Crippen molar-refractivity contribution in [2.45, 2.75) is 27.0 Å². The molecule has 0 saturated carbocycles. The Hall–Kier alpha value is -1.87. The lowest BCUT2D eigenvalue weighted by Gasteiger charge is -2.12. The Kier molecular flexibility index (Phi) is 4.17. The summed E-state index contributed by atoms with van der Waals surface area (Å²) in [6.45, 7) is 4.73. The minimum atomic E-state index is -0.243. The SMILES string of the molecule is Cc1ccc(OCc2cc(F)ccc2C)c(CN)c1. The fourth-order valence-corrected chi connectivity index (χ4v) is 1.96. The fourth-order valence-electron chi connectivity index (χ4n) is 1.96. The van der Waals surface area contributed by atoms with Crippen LogP contribution in [0.5, 0.6) is 5.75 Å². The van der Waals surface area contributed by atoms with Crippen LogP contribution in [0, 0.1) is 19.7 Å². The largest absolute Gasteiger partial charge is 0.489 e. The zero-order valence-electron chi connectivity index (χ0n) is 11.2. The predicted octanol–water partition coefficient (Wildman–Crippen LogP) is 3.48. The quantitative estimate of drug-likeness (QED) is 0.912. The lowest BCUT2D eigenvalue weighted by atomic mass is 10.1. The van der Waals surface area contributed by atoms with Crippen molar-refractivity contribution in [2.24, 2.45) is 5.73 Å². The van der Waals surface area contributed by atoms with Gasteiger partial charge in [-0.3, -0.25) is 0 Å². The van der Waals surface area contributed by atoms with Gasteiger partial charge >= 0.3 is 0 Å². The molecule has 0 aliphatic carbocycles. The fraction of sp³-hybridized carbons (Fsp3) is 0.250. The van der Waals surface area contributed by atoms with Gasteiger partial charge in [-0.25, -0.2) is 4.39 Å². The molecule has 2 aromatic rings. The van der Waals surface area contributed by atoms with Crippen molar-refractivity contribution in [2.75, 3.05) is 0 Å². The van der Waals surface area contributed by atoms with Crippen molar-refractivity contribution in [3.8, 4) is 5.75 Å². The maximum absolute atomic E-state index is 13.2. The van der Waals surface area contributed by atoms with E-state index in [0.29, 0.717) is 13.2 Å². The highest BCUT2D eigenvalue weighted by Gasteiger charge is 2.05. The molecule has 0 spiro atoms. The summed E-state index contributed by atoms with van der Waals surface area (Å²) in [5.41, 5.74) is 9.68. The van der Waals surface area contributed by atoms with Crippen molar-refractivity contribution in [3.63, 3.8) is 0 Å². The molecule has 19 heavy (non-hydrogen) atoms. The molecule has 2 nitrogen and oxygen atoms in total. The summed E-state index contributed by atoms with van der Waals surface area (Å²) < 4.78 is 19.0. The molecule has 0 unspecified atom stereocenters. The molecular formula is C16H18FNO. The maximum atomic E-state index is 13.2. The number of aryl methyl sites for hydroxylation is 2. The smallest absolute Gasteiger partial charge is 0.124 e. The number of nitrogens with two attached hydrogens (primary N) is 1. The summed E-state index contributed by atoms with van der Waals surface area (Å²) in [7, 11) is 0. The van der Waals surface area contributed by atoms with E-state index in [-0.39, 0.29) is 5.82 Å². The molecule has 0 saturated heterocycles. The third-order valence-electron chi connectivity index (χ3n) is 3.13. The van der Waals surface area contributed by atoms with Crippen molar-refractivity contribution in [1.29, 1.82) is 0 Å². The second-order valence-corrected chi connectivity index (χ2v) is 4.67. The number of hydrogen-bond donors (Lipinski definition) is 1. The van der Waals surface area contributed by atoms with Crippen LogP contribution in [-0.4, -0.2) is 0 Å². The summed E-state index contributed by atoms with van der Waals surface area (Å²) in [6.07, 6.45) is 0. The minimum absolute atomic E-state index is 0.243. The Morgan fingerprint density at radius 2 is 1.84 bits per heavy atom. The molecule has 0 aliphatic heterocycles. The highest BCUT2D eigenvalue weighted by Crippen LogP contribution is 2.21. The van der Waals surface area contributed by atoms with E-state index >= 15 is 0 Å². The van der Waals surface area contributed by atoms with Gasteiger partial charge in [-0.2, -0.15) is 0 Å². The highest BCUT2D eigenvalue weighted by molar-refractivity contribution is 5.37. The Bertz CT molecular complexity index is 581. The van der Waals surface area contributed by atoms with Gasteiger partial charge in [0.15, 0.2) is 0 Å². The molecule has 0 atom stereocenters. The van der Waals surface area contributed by atoms with Crippen LogP contribution in [0.25, 0.3) is 0 Å². The molecule has 2 aromatic carbocycles. The third kappa shape index (κ3) is 3.32. The van der Waals surface area contributed by atoms with Gasteiger partial charge in [0.1, 0.15) is 18.2 Å². The van der Waals surface area contributed by atoms with Gasteiger partial charge in [0.2, 0.25) is 0 Å². The van der Waals surface area contributed by atoms with Crippen molar-refractivity contribution in [3.05, 3.63) is 64.5 Å². The minimum Gasteiger partial charge on any atom is -0.489 e. The highest BCUT2D eigenvalue weighted by atomic mass is 19.1. The lowest BCUT2D eigenvalue weighted by Crippen LogP contribution is -2.04. The number of halogens is 1. The van der Waals surface area contributed by atoms with E-state index in [4.69, 9.17) is 10.5 Å². The molecular weight excluding hydrogens is 241 g/mol. The number of ether oxygens (including phenoxy) is 1. The van der Waals surface area contributed by atoms with Gasteiger partial charge in [0.25, 0.3) is 0 Å². The second kappa shape index (κ2) is 5.85. The van der Waals surface area contributed by atoms with Crippen LogP contribution in [0.4, 0.5) is 4.39 Å². The molecule has 2 rings (SSSR count). The van der Waals surface area contributed by atoms with Gasteiger partial charge in [0.05, 0.1) is 0 Å². The summed E-state index contributed by atoms with van der Waals surface area (Å²) in [6, 6.07) is 10.6. The Balaban J connectivity index is 2.16. The summed E-state index contributed by atoms with van der Waals surface area (Å²) in [5, 5.41) is 0. The van der Waals surface area contributed by atoms with Gasteiger partial charge in [-0.1, -0.05) is 23.8 Å². The number of benzene rings is 2. The molecule has 100 valence electrons. The first kappa shape index (κ1) is 13.6. The second-order valence-electron chi connectivity index (χ2n) is 4.67. The first-order chi connectivity index (χ1) is 9.10. The average Bonchev–Trinajstić information content (AvgIpc) is 2.40. The molecule has 0 aromatic heterocycles. The van der Waals surface area contributed by atoms with Crippen LogP contribution in [0.15, 0.2) is 36.4 Å². The van der Waals surface area contributed by atoms with Crippen LogP contribution in [0.3, 0.4) is 0 Å². The van der Waals surface area contributed by atoms with Crippen LogP contribution in [0.2, 0.25) is 0 Å². The van der Waals surface area contributed by atoms with Crippen molar-refractivity contribution < 1.29 is 9.13 Å². The molecule has 0 radical (unpaired) electrons. The average molecular weight is 259 g/mol. The first-order valence-electron chi connectivity index (χ1n) is 6.27. The third-order valence-corrected chi connectivity index (χ3v) is 3.13. The van der Waals surface area contributed by atoms with Crippen LogP contribution in [0.1, 0.15) is 22.3 Å². The Morgan fingerprint density at radius 3 is 2.58 bits per heavy atom. The topological polar surface area (TPSA) is 35.2 Å². The molecule has 0 aliphatic rings. The van der Waals surface area contributed by atoms with Gasteiger partial charge in [-0.15, -0.1) is 0 Å². The van der Waals surface area contributed by atoms with Crippen molar-refractivity contribution in [1.82, 2.24) is 0 Å². The van der Waals surface area contributed by atoms with E-state index in [9.17, 15) is 4.39 Å². The molecule has 0 heterocycles. The monoisotopic (exact) mass is 259 g/mol. The molecule has 0 amide bonds. The van der Waals surface area contributed by atoms with E-state index < -0.39 is 0 Å². The molecule has 0 bridgehead atoms. The van der Waals surface area contributed by atoms with Crippen LogP contribution >= 0.6 is 0 Å². The van der Waals surface area contributed by atoms with E-state index in [1.54, 1.807) is 6.07 Å². The Labute approximate surface area is 113 Å². The standard InChI is InChI=1S/C16H18FNO/c1-11-3-6-16(13(7-11)9-18)19-10-14-8-15(17)5-4-12(14)2/h3-8H,9-10,18H2,1-2H3. The molecule has 0 fully saturated rings. The summed E-state index contributed by atoms with van der Waals surface area (Å²) in [4.78, 5) is 0. The zero-order chi connectivity index (χ0) is 13.8. The van der Waals surface area contributed by atoms with Crippen molar-refractivity contribution >= 4 is 0 Å². The summed E-state index contributed by atoms with van der Waals surface area (Å²) >= 11 is 0.